The summed E-state index contributed by atoms with van der Waals surface area (Å²) in [6.07, 6.45) is 0. The van der Waals surface area contributed by atoms with E-state index < -0.39 is 0 Å². The van der Waals surface area contributed by atoms with Gasteiger partial charge >= 0.3 is 0 Å². The van der Waals surface area contributed by atoms with E-state index in [4.69, 9.17) is 4.74 Å². The summed E-state index contributed by atoms with van der Waals surface area (Å²) in [6.45, 7) is 1.38. The number of rotatable bonds is 5. The largest absolute Gasteiger partial charge is 0.492 e. The van der Waals surface area contributed by atoms with Gasteiger partial charge in [0, 0.05) is 21.2 Å². The average Bonchev–Trinajstić information content (AvgIpc) is 2.40. The van der Waals surface area contributed by atoms with Crippen molar-refractivity contribution in [1.82, 2.24) is 0 Å². The molecule has 0 saturated carbocycles. The highest BCUT2D eigenvalue weighted by atomic mass is 79.9. The number of hydrogen-bond donors (Lipinski definition) is 1. The maximum atomic E-state index is 5.61. The highest BCUT2D eigenvalue weighted by Crippen LogP contribution is 2.25. The predicted molar refractivity (Wildman–Crippen MR) is 82.3 cm³/mol. The molecule has 0 unspecified atom stereocenters. The molecule has 0 fully saturated rings. The number of halogens is 2. The minimum atomic E-state index is 0.628. The Balaban J connectivity index is 1.80. The number of para-hydroxylation sites is 1. The molecule has 0 amide bonds. The molecule has 0 aliphatic rings. The summed E-state index contributed by atoms with van der Waals surface area (Å²) in [5, 5.41) is 3.32. The second-order valence-corrected chi connectivity index (χ2v) is 5.48. The molecule has 0 heterocycles. The topological polar surface area (TPSA) is 21.3 Å². The molecule has 0 atom stereocenters. The molecule has 2 aromatic rings. The fourth-order valence-electron chi connectivity index (χ4n) is 1.50. The first kappa shape index (κ1) is 13.4. The van der Waals surface area contributed by atoms with Crippen LogP contribution >= 0.6 is 31.9 Å². The first-order valence-corrected chi connectivity index (χ1v) is 7.21. The summed E-state index contributed by atoms with van der Waals surface area (Å²) < 4.78 is 7.71. The molecule has 94 valence electrons. The number of hydrogen-bond acceptors (Lipinski definition) is 2. The monoisotopic (exact) mass is 369 g/mol. The van der Waals surface area contributed by atoms with Crippen LogP contribution < -0.4 is 10.1 Å². The molecule has 2 aromatic carbocycles. The third kappa shape index (κ3) is 4.03. The standard InChI is InChI=1S/C14H13Br2NO/c15-11-6-7-13(16)14(10-11)17-8-9-18-12-4-2-1-3-5-12/h1-7,10,17H,8-9H2. The minimum Gasteiger partial charge on any atom is -0.492 e. The molecular formula is C14H13Br2NO. The summed E-state index contributed by atoms with van der Waals surface area (Å²) in [4.78, 5) is 0. The van der Waals surface area contributed by atoms with Crippen LogP contribution in [0.1, 0.15) is 0 Å². The summed E-state index contributed by atoms with van der Waals surface area (Å²) in [5.74, 6) is 0.896. The van der Waals surface area contributed by atoms with Crippen molar-refractivity contribution in [2.45, 2.75) is 0 Å². The number of nitrogens with one attached hydrogen (secondary N) is 1. The average molecular weight is 371 g/mol. The molecule has 2 nitrogen and oxygen atoms in total. The van der Waals surface area contributed by atoms with Crippen molar-refractivity contribution in [2.24, 2.45) is 0 Å². The van der Waals surface area contributed by atoms with Gasteiger partial charge < -0.3 is 10.1 Å². The van der Waals surface area contributed by atoms with Crippen LogP contribution in [0.3, 0.4) is 0 Å². The van der Waals surface area contributed by atoms with Crippen LogP contribution in [0.5, 0.6) is 5.75 Å². The van der Waals surface area contributed by atoms with Gasteiger partial charge in [0.05, 0.1) is 0 Å². The third-order valence-electron chi connectivity index (χ3n) is 2.36. The van der Waals surface area contributed by atoms with Crippen molar-refractivity contribution < 1.29 is 4.74 Å². The van der Waals surface area contributed by atoms with Crippen LogP contribution in [-0.4, -0.2) is 13.2 Å². The van der Waals surface area contributed by atoms with Gasteiger partial charge in [-0.15, -0.1) is 0 Å². The van der Waals surface area contributed by atoms with Crippen molar-refractivity contribution >= 4 is 37.5 Å². The molecule has 0 saturated heterocycles. The smallest absolute Gasteiger partial charge is 0.119 e. The Bertz CT molecular complexity index is 502. The normalized spacial score (nSPS) is 10.1. The van der Waals surface area contributed by atoms with Gasteiger partial charge in [0.2, 0.25) is 0 Å². The second kappa shape index (κ2) is 6.81. The Labute approximate surface area is 124 Å². The zero-order valence-electron chi connectivity index (χ0n) is 9.70. The van der Waals surface area contributed by atoms with E-state index in [0.717, 1.165) is 26.9 Å². The first-order chi connectivity index (χ1) is 8.75. The lowest BCUT2D eigenvalue weighted by atomic mass is 10.3. The van der Waals surface area contributed by atoms with Crippen molar-refractivity contribution in [3.05, 3.63) is 57.5 Å². The van der Waals surface area contributed by atoms with E-state index >= 15 is 0 Å². The molecule has 0 radical (unpaired) electrons. The summed E-state index contributed by atoms with van der Waals surface area (Å²) in [7, 11) is 0. The van der Waals surface area contributed by atoms with Gasteiger partial charge in [-0.25, -0.2) is 0 Å². The number of benzene rings is 2. The van der Waals surface area contributed by atoms with Gasteiger partial charge in [-0.1, -0.05) is 34.1 Å². The zero-order chi connectivity index (χ0) is 12.8. The van der Waals surface area contributed by atoms with Gasteiger partial charge in [0.25, 0.3) is 0 Å². The fourth-order valence-corrected chi connectivity index (χ4v) is 2.25. The Hall–Kier alpha value is -1.00. The minimum absolute atomic E-state index is 0.628. The molecule has 18 heavy (non-hydrogen) atoms. The Morgan fingerprint density at radius 2 is 1.78 bits per heavy atom. The van der Waals surface area contributed by atoms with Crippen LogP contribution in [0.2, 0.25) is 0 Å². The van der Waals surface area contributed by atoms with Crippen LogP contribution in [0.25, 0.3) is 0 Å². The fraction of sp³-hybridized carbons (Fsp3) is 0.143. The van der Waals surface area contributed by atoms with E-state index in [1.165, 1.54) is 0 Å². The quantitative estimate of drug-likeness (QED) is 0.770. The number of ether oxygens (including phenoxy) is 1. The highest BCUT2D eigenvalue weighted by Gasteiger charge is 1.99. The van der Waals surface area contributed by atoms with E-state index in [9.17, 15) is 0 Å². The molecule has 0 spiro atoms. The lowest BCUT2D eigenvalue weighted by Gasteiger charge is -2.10. The predicted octanol–water partition coefficient (Wildman–Crippen LogP) is 4.70. The Morgan fingerprint density at radius 1 is 1.00 bits per heavy atom. The van der Waals surface area contributed by atoms with Crippen molar-refractivity contribution in [2.75, 3.05) is 18.5 Å². The Kier molecular flexibility index (Phi) is 5.08. The van der Waals surface area contributed by atoms with Crippen molar-refractivity contribution in [3.63, 3.8) is 0 Å². The van der Waals surface area contributed by atoms with Crippen LogP contribution in [0.15, 0.2) is 57.5 Å². The molecule has 0 bridgehead atoms. The van der Waals surface area contributed by atoms with Crippen molar-refractivity contribution in [3.8, 4) is 5.75 Å². The van der Waals surface area contributed by atoms with E-state index in [-0.39, 0.29) is 0 Å². The van der Waals surface area contributed by atoms with E-state index in [1.807, 2.05) is 48.5 Å². The van der Waals surface area contributed by atoms with E-state index in [1.54, 1.807) is 0 Å². The van der Waals surface area contributed by atoms with Gasteiger partial charge in [-0.3, -0.25) is 0 Å². The lowest BCUT2D eigenvalue weighted by molar-refractivity contribution is 0.333. The SMILES string of the molecule is Brc1ccc(Br)c(NCCOc2ccccc2)c1. The van der Waals surface area contributed by atoms with Gasteiger partial charge in [-0.05, 0) is 46.3 Å². The van der Waals surface area contributed by atoms with Crippen LogP contribution in [-0.2, 0) is 0 Å². The first-order valence-electron chi connectivity index (χ1n) is 5.62. The molecule has 1 N–H and O–H groups in total. The summed E-state index contributed by atoms with van der Waals surface area (Å²) >= 11 is 6.95. The molecule has 4 heteroatoms. The van der Waals surface area contributed by atoms with E-state index in [0.29, 0.717) is 6.61 Å². The second-order valence-electron chi connectivity index (χ2n) is 3.71. The van der Waals surface area contributed by atoms with Gasteiger partial charge in [-0.2, -0.15) is 0 Å². The number of anilines is 1. The Morgan fingerprint density at radius 3 is 2.56 bits per heavy atom. The molecular weight excluding hydrogens is 358 g/mol. The molecule has 2 rings (SSSR count). The van der Waals surface area contributed by atoms with E-state index in [2.05, 4.69) is 37.2 Å². The van der Waals surface area contributed by atoms with Gasteiger partial charge in [0.15, 0.2) is 0 Å². The summed E-state index contributed by atoms with van der Waals surface area (Å²) in [5.41, 5.74) is 1.06. The van der Waals surface area contributed by atoms with Crippen molar-refractivity contribution in [1.29, 1.82) is 0 Å². The molecule has 0 aliphatic heterocycles. The highest BCUT2D eigenvalue weighted by molar-refractivity contribution is 9.11. The zero-order valence-corrected chi connectivity index (χ0v) is 12.9. The van der Waals surface area contributed by atoms with Crippen LogP contribution in [0, 0.1) is 0 Å². The third-order valence-corrected chi connectivity index (χ3v) is 3.54. The summed E-state index contributed by atoms with van der Waals surface area (Å²) in [6, 6.07) is 15.8. The maximum Gasteiger partial charge on any atom is 0.119 e. The van der Waals surface area contributed by atoms with Crippen LogP contribution in [0.4, 0.5) is 5.69 Å². The molecule has 0 aromatic heterocycles. The molecule has 0 aliphatic carbocycles. The lowest BCUT2D eigenvalue weighted by Crippen LogP contribution is -2.11. The van der Waals surface area contributed by atoms with Gasteiger partial charge in [0.1, 0.15) is 12.4 Å². The maximum absolute atomic E-state index is 5.61.